The first kappa shape index (κ1) is 17.0. The lowest BCUT2D eigenvalue weighted by molar-refractivity contribution is -0.120. The van der Waals surface area contributed by atoms with Gasteiger partial charge in [0, 0.05) is 0 Å². The smallest absolute Gasteiger partial charge is 0.318 e. The number of benzene rings is 1. The Morgan fingerprint density at radius 2 is 1.96 bits per heavy atom. The third kappa shape index (κ3) is 4.56. The number of urea groups is 1. The van der Waals surface area contributed by atoms with Crippen LogP contribution in [-0.2, 0) is 4.79 Å². The third-order valence-electron chi connectivity index (χ3n) is 3.06. The van der Waals surface area contributed by atoms with Gasteiger partial charge in [0.15, 0.2) is 5.16 Å². The van der Waals surface area contributed by atoms with Crippen LogP contribution in [0, 0.1) is 11.7 Å². The number of H-pyrrole nitrogens is 1. The van der Waals surface area contributed by atoms with Crippen LogP contribution in [0.15, 0.2) is 35.6 Å². The predicted molar refractivity (Wildman–Crippen MR) is 86.2 cm³/mol. The van der Waals surface area contributed by atoms with E-state index >= 15 is 0 Å². The number of nitrogens with two attached hydrogens (primary N) is 1. The van der Waals surface area contributed by atoms with Crippen molar-refractivity contribution in [3.63, 3.8) is 0 Å². The molecule has 2 rings (SSSR count). The summed E-state index contributed by atoms with van der Waals surface area (Å²) in [5, 5.41) is 2.10. The molecule has 122 valence electrons. The van der Waals surface area contributed by atoms with Crippen molar-refractivity contribution in [3.8, 4) is 11.3 Å². The van der Waals surface area contributed by atoms with Gasteiger partial charge in [-0.1, -0.05) is 25.6 Å². The number of halogens is 1. The minimum absolute atomic E-state index is 0.0290. The fourth-order valence-corrected chi connectivity index (χ4v) is 2.91. The molecule has 0 aliphatic heterocycles. The van der Waals surface area contributed by atoms with E-state index in [1.54, 1.807) is 18.3 Å². The summed E-state index contributed by atoms with van der Waals surface area (Å²) in [6.07, 6.45) is 1.61. The Hall–Kier alpha value is -2.35. The SMILES string of the molecule is CC(C)[C@H](Sc1ncc(-c2ccc(F)cc2)[nH]1)C(=O)NC(N)=O. The molecule has 0 spiro atoms. The lowest BCUT2D eigenvalue weighted by atomic mass is 10.1. The van der Waals surface area contributed by atoms with Crippen LogP contribution in [0.2, 0.25) is 0 Å². The predicted octanol–water partition coefficient (Wildman–Crippen LogP) is 2.53. The maximum absolute atomic E-state index is 12.9. The molecule has 0 radical (unpaired) electrons. The van der Waals surface area contributed by atoms with E-state index in [9.17, 15) is 14.0 Å². The van der Waals surface area contributed by atoms with Gasteiger partial charge < -0.3 is 10.7 Å². The van der Waals surface area contributed by atoms with Crippen molar-refractivity contribution < 1.29 is 14.0 Å². The number of imidazole rings is 1. The highest BCUT2D eigenvalue weighted by molar-refractivity contribution is 8.00. The third-order valence-corrected chi connectivity index (χ3v) is 4.50. The van der Waals surface area contributed by atoms with Gasteiger partial charge in [-0.25, -0.2) is 14.2 Å². The summed E-state index contributed by atoms with van der Waals surface area (Å²) in [6.45, 7) is 3.73. The van der Waals surface area contributed by atoms with Crippen LogP contribution in [-0.4, -0.2) is 27.2 Å². The van der Waals surface area contributed by atoms with Crippen molar-refractivity contribution in [2.45, 2.75) is 24.3 Å². The van der Waals surface area contributed by atoms with Crippen LogP contribution in [0.3, 0.4) is 0 Å². The molecule has 2 aromatic rings. The number of imide groups is 1. The quantitative estimate of drug-likeness (QED) is 0.730. The standard InChI is InChI=1S/C15H17FN4O2S/c1-8(2)12(13(21)20-14(17)22)23-15-18-7-11(19-15)9-3-5-10(16)6-4-9/h3-8,12H,1-2H3,(H,18,19)(H3,17,20,21,22)/t12-/m0/s1. The van der Waals surface area contributed by atoms with E-state index in [1.807, 2.05) is 13.8 Å². The molecule has 1 atom stereocenters. The van der Waals surface area contributed by atoms with Crippen LogP contribution in [0.5, 0.6) is 0 Å². The van der Waals surface area contributed by atoms with Crippen molar-refractivity contribution >= 4 is 23.7 Å². The minimum Gasteiger partial charge on any atom is -0.351 e. The highest BCUT2D eigenvalue weighted by Gasteiger charge is 2.25. The van der Waals surface area contributed by atoms with E-state index in [-0.39, 0.29) is 11.7 Å². The number of aromatic nitrogens is 2. The molecule has 4 N–H and O–H groups in total. The normalized spacial score (nSPS) is 12.2. The molecule has 0 bridgehead atoms. The van der Waals surface area contributed by atoms with E-state index in [1.165, 1.54) is 23.9 Å². The molecule has 8 heteroatoms. The van der Waals surface area contributed by atoms with E-state index in [0.29, 0.717) is 10.9 Å². The molecule has 0 saturated carbocycles. The zero-order valence-corrected chi connectivity index (χ0v) is 13.5. The zero-order chi connectivity index (χ0) is 17.0. The fraction of sp³-hybridized carbons (Fsp3) is 0.267. The summed E-state index contributed by atoms with van der Waals surface area (Å²) in [6, 6.07) is 5.11. The van der Waals surface area contributed by atoms with E-state index in [0.717, 1.165) is 5.56 Å². The van der Waals surface area contributed by atoms with Gasteiger partial charge in [0.1, 0.15) is 5.82 Å². The lowest BCUT2D eigenvalue weighted by Crippen LogP contribution is -2.42. The van der Waals surface area contributed by atoms with Crippen molar-refractivity contribution in [3.05, 3.63) is 36.3 Å². The monoisotopic (exact) mass is 336 g/mol. The van der Waals surface area contributed by atoms with Gasteiger partial charge in [-0.15, -0.1) is 0 Å². The number of thioether (sulfide) groups is 1. The topological polar surface area (TPSA) is 101 Å². The summed E-state index contributed by atoms with van der Waals surface area (Å²) in [7, 11) is 0. The summed E-state index contributed by atoms with van der Waals surface area (Å²) in [4.78, 5) is 30.1. The number of carbonyl (C=O) groups is 2. The van der Waals surface area contributed by atoms with Gasteiger partial charge in [-0.05, 0) is 35.7 Å². The van der Waals surface area contributed by atoms with Gasteiger partial charge in [0.2, 0.25) is 5.91 Å². The number of primary amides is 1. The summed E-state index contributed by atoms with van der Waals surface area (Å²) < 4.78 is 12.9. The van der Waals surface area contributed by atoms with E-state index < -0.39 is 17.2 Å². The van der Waals surface area contributed by atoms with Gasteiger partial charge in [-0.3, -0.25) is 10.1 Å². The number of hydrogen-bond acceptors (Lipinski definition) is 4. The number of rotatable bonds is 5. The second-order valence-corrected chi connectivity index (χ2v) is 6.38. The minimum atomic E-state index is -0.882. The number of hydrogen-bond donors (Lipinski definition) is 3. The first-order valence-corrected chi connectivity index (χ1v) is 7.82. The molecule has 3 amide bonds. The highest BCUT2D eigenvalue weighted by Crippen LogP contribution is 2.28. The van der Waals surface area contributed by atoms with Gasteiger partial charge >= 0.3 is 6.03 Å². The molecule has 0 aliphatic carbocycles. The summed E-state index contributed by atoms with van der Waals surface area (Å²) in [5.74, 6) is -0.804. The fourth-order valence-electron chi connectivity index (χ4n) is 1.94. The molecule has 0 saturated heterocycles. The Bertz CT molecular complexity index is 700. The Labute approximate surface area is 137 Å². The number of aromatic amines is 1. The number of carbonyl (C=O) groups excluding carboxylic acids is 2. The van der Waals surface area contributed by atoms with Crippen LogP contribution in [0.1, 0.15) is 13.8 Å². The zero-order valence-electron chi connectivity index (χ0n) is 12.7. The second-order valence-electron chi connectivity index (χ2n) is 5.24. The van der Waals surface area contributed by atoms with Gasteiger partial charge in [0.25, 0.3) is 0 Å². The maximum Gasteiger partial charge on any atom is 0.318 e. The number of nitrogens with zero attached hydrogens (tertiary/aromatic N) is 1. The number of amides is 3. The molecular weight excluding hydrogens is 319 g/mol. The Morgan fingerprint density at radius 3 is 2.52 bits per heavy atom. The largest absolute Gasteiger partial charge is 0.351 e. The molecule has 0 fully saturated rings. The molecule has 23 heavy (non-hydrogen) atoms. The molecule has 0 aliphatic rings. The van der Waals surface area contributed by atoms with Crippen molar-refractivity contribution in [1.82, 2.24) is 15.3 Å². The Morgan fingerprint density at radius 1 is 1.30 bits per heavy atom. The Kier molecular flexibility index (Phi) is 5.38. The molecule has 0 unspecified atom stereocenters. The maximum atomic E-state index is 12.9. The average Bonchev–Trinajstić information content (AvgIpc) is 2.93. The van der Waals surface area contributed by atoms with Crippen LogP contribution >= 0.6 is 11.8 Å². The number of nitrogens with one attached hydrogen (secondary N) is 2. The molecule has 1 aromatic heterocycles. The molecule has 6 nitrogen and oxygen atoms in total. The van der Waals surface area contributed by atoms with Crippen molar-refractivity contribution in [2.75, 3.05) is 0 Å². The molecular formula is C15H17FN4O2S. The Balaban J connectivity index is 2.14. The molecule has 1 heterocycles. The van der Waals surface area contributed by atoms with Crippen LogP contribution in [0.4, 0.5) is 9.18 Å². The van der Waals surface area contributed by atoms with E-state index in [4.69, 9.17) is 5.73 Å². The van der Waals surface area contributed by atoms with Crippen molar-refractivity contribution in [1.29, 1.82) is 0 Å². The van der Waals surface area contributed by atoms with E-state index in [2.05, 4.69) is 15.3 Å². The van der Waals surface area contributed by atoms with Gasteiger partial charge in [-0.2, -0.15) is 0 Å². The second kappa shape index (κ2) is 7.28. The first-order valence-electron chi connectivity index (χ1n) is 6.94. The first-order chi connectivity index (χ1) is 10.9. The van der Waals surface area contributed by atoms with Crippen LogP contribution in [0.25, 0.3) is 11.3 Å². The van der Waals surface area contributed by atoms with Crippen molar-refractivity contribution in [2.24, 2.45) is 11.7 Å². The average molecular weight is 336 g/mol. The highest BCUT2D eigenvalue weighted by atomic mass is 32.2. The van der Waals surface area contributed by atoms with Crippen LogP contribution < -0.4 is 11.1 Å². The summed E-state index contributed by atoms with van der Waals surface area (Å²) in [5.41, 5.74) is 6.48. The summed E-state index contributed by atoms with van der Waals surface area (Å²) >= 11 is 1.20. The molecule has 1 aromatic carbocycles. The van der Waals surface area contributed by atoms with Gasteiger partial charge in [0.05, 0.1) is 17.1 Å². The lowest BCUT2D eigenvalue weighted by Gasteiger charge is -2.17.